The Morgan fingerprint density at radius 3 is 2.02 bits per heavy atom. The van der Waals surface area contributed by atoms with Crippen LogP contribution in [0.2, 0.25) is 0 Å². The fourth-order valence-electron chi connectivity index (χ4n) is 5.24. The molecule has 1 heterocycles. The summed E-state index contributed by atoms with van der Waals surface area (Å²) in [4.78, 5) is 13.0. The van der Waals surface area contributed by atoms with Gasteiger partial charge in [-0.3, -0.25) is 9.69 Å². The molecule has 1 aliphatic heterocycles. The van der Waals surface area contributed by atoms with Gasteiger partial charge < -0.3 is 5.11 Å². The minimum Gasteiger partial charge on any atom is -0.481 e. The maximum absolute atomic E-state index is 14.1. The fraction of sp³-hybridized carbons (Fsp3) is 0.464. The van der Waals surface area contributed by atoms with Gasteiger partial charge in [-0.2, -0.15) is 39.5 Å². The summed E-state index contributed by atoms with van der Waals surface area (Å²) in [6.45, 7) is 5.41. The SMILES string of the molecule is C=C(C)CCC(c1cc(C(F)(F)F)ccc1C(F)(F)F)N1CCC(CC(=O)O)CC1c1ccc(C(F)(F)F)cc1. The highest BCUT2D eigenvalue weighted by Gasteiger charge is 2.42. The second-order valence-corrected chi connectivity index (χ2v) is 10.2. The number of nitrogens with zero attached hydrogens (tertiary/aromatic N) is 1. The third-order valence-corrected chi connectivity index (χ3v) is 7.13. The number of aliphatic carboxylic acids is 1. The molecule has 3 nitrogen and oxygen atoms in total. The van der Waals surface area contributed by atoms with E-state index in [-0.39, 0.29) is 38.6 Å². The second-order valence-electron chi connectivity index (χ2n) is 10.2. The number of allylic oxidation sites excluding steroid dienone is 1. The standard InChI is InChI=1S/C28H28F9NO2/c1-16(2)3-10-23(21-15-20(27(32,33)34)8-9-22(21)28(35,36)37)38-12-11-17(14-25(39)40)13-24(38)18-4-6-19(7-5-18)26(29,30)31/h4-9,15,17,23-24H,1,3,10-14H2,2H3,(H,39,40). The van der Waals surface area contributed by atoms with E-state index in [9.17, 15) is 49.4 Å². The summed E-state index contributed by atoms with van der Waals surface area (Å²) in [6, 6.07) is 3.20. The highest BCUT2D eigenvalue weighted by molar-refractivity contribution is 5.67. The average Bonchev–Trinajstić information content (AvgIpc) is 2.82. The Hall–Kier alpha value is -3.02. The fourth-order valence-corrected chi connectivity index (χ4v) is 5.24. The molecule has 12 heteroatoms. The smallest absolute Gasteiger partial charge is 0.416 e. The van der Waals surface area contributed by atoms with Gasteiger partial charge in [0.25, 0.3) is 0 Å². The summed E-state index contributed by atoms with van der Waals surface area (Å²) >= 11 is 0. The van der Waals surface area contributed by atoms with E-state index in [1.165, 1.54) is 12.1 Å². The topological polar surface area (TPSA) is 40.5 Å². The molecule has 1 saturated heterocycles. The highest BCUT2D eigenvalue weighted by Crippen LogP contribution is 2.47. The Morgan fingerprint density at radius 1 is 0.950 bits per heavy atom. The number of carboxylic acid groups (broad SMARTS) is 1. The number of alkyl halides is 9. The molecule has 0 aromatic heterocycles. The molecule has 1 N–H and O–H groups in total. The van der Waals surface area contributed by atoms with Crippen LogP contribution >= 0.6 is 0 Å². The predicted octanol–water partition coefficient (Wildman–Crippen LogP) is 9.07. The number of carbonyl (C=O) groups is 1. The maximum atomic E-state index is 14.1. The molecule has 0 bridgehead atoms. The van der Waals surface area contributed by atoms with Crippen LogP contribution in [0.3, 0.4) is 0 Å². The van der Waals surface area contributed by atoms with Gasteiger partial charge in [-0.15, -0.1) is 6.58 Å². The van der Waals surface area contributed by atoms with Crippen molar-refractivity contribution >= 4 is 5.97 Å². The summed E-state index contributed by atoms with van der Waals surface area (Å²) in [6.07, 6.45) is -14.4. The molecule has 0 saturated carbocycles. The molecule has 0 spiro atoms. The van der Waals surface area contributed by atoms with Crippen LogP contribution in [0.5, 0.6) is 0 Å². The van der Waals surface area contributed by atoms with E-state index in [1.54, 1.807) is 11.8 Å². The molecule has 1 aliphatic rings. The molecule has 40 heavy (non-hydrogen) atoms. The third-order valence-electron chi connectivity index (χ3n) is 7.13. The first-order valence-corrected chi connectivity index (χ1v) is 12.4. The molecule has 0 radical (unpaired) electrons. The van der Waals surface area contributed by atoms with E-state index >= 15 is 0 Å². The number of carboxylic acids is 1. The van der Waals surface area contributed by atoms with Gasteiger partial charge in [0.15, 0.2) is 0 Å². The van der Waals surface area contributed by atoms with Crippen LogP contribution in [0.4, 0.5) is 39.5 Å². The van der Waals surface area contributed by atoms with Gasteiger partial charge in [0, 0.05) is 18.5 Å². The van der Waals surface area contributed by atoms with E-state index in [0.717, 1.165) is 12.1 Å². The average molecular weight is 582 g/mol. The minimum atomic E-state index is -4.98. The summed E-state index contributed by atoms with van der Waals surface area (Å²) < 4.78 is 123. The van der Waals surface area contributed by atoms with Crippen molar-refractivity contribution in [3.8, 4) is 0 Å². The molecular weight excluding hydrogens is 553 g/mol. The van der Waals surface area contributed by atoms with Gasteiger partial charge in [0.1, 0.15) is 0 Å². The Bertz CT molecular complexity index is 1200. The van der Waals surface area contributed by atoms with Crippen molar-refractivity contribution in [2.45, 2.75) is 69.6 Å². The Morgan fingerprint density at radius 2 is 1.52 bits per heavy atom. The number of halogens is 9. The van der Waals surface area contributed by atoms with Crippen molar-refractivity contribution in [2.24, 2.45) is 5.92 Å². The van der Waals surface area contributed by atoms with Gasteiger partial charge >= 0.3 is 24.5 Å². The zero-order valence-corrected chi connectivity index (χ0v) is 21.4. The van der Waals surface area contributed by atoms with Crippen LogP contribution in [-0.2, 0) is 23.3 Å². The maximum Gasteiger partial charge on any atom is 0.416 e. The predicted molar refractivity (Wildman–Crippen MR) is 129 cm³/mol. The molecule has 3 atom stereocenters. The minimum absolute atomic E-state index is 0.0258. The zero-order chi connectivity index (χ0) is 30.0. The molecular formula is C28H28F9NO2. The van der Waals surface area contributed by atoms with E-state index in [0.29, 0.717) is 29.3 Å². The van der Waals surface area contributed by atoms with Gasteiger partial charge in [0.05, 0.1) is 16.7 Å². The summed E-state index contributed by atoms with van der Waals surface area (Å²) in [7, 11) is 0. The molecule has 3 rings (SSSR count). The van der Waals surface area contributed by atoms with Crippen LogP contribution in [0.15, 0.2) is 54.6 Å². The number of likely N-dealkylation sites (tertiary alicyclic amines) is 1. The Balaban J connectivity index is 2.18. The third kappa shape index (κ3) is 7.80. The lowest BCUT2D eigenvalue weighted by Gasteiger charge is -2.45. The Kier molecular flexibility index (Phi) is 9.33. The first-order valence-electron chi connectivity index (χ1n) is 12.4. The number of hydrogen-bond acceptors (Lipinski definition) is 2. The van der Waals surface area contributed by atoms with E-state index in [1.807, 2.05) is 0 Å². The van der Waals surface area contributed by atoms with Crippen LogP contribution in [0.1, 0.15) is 78.9 Å². The molecule has 220 valence electrons. The lowest BCUT2D eigenvalue weighted by atomic mass is 9.82. The van der Waals surface area contributed by atoms with Gasteiger partial charge in [-0.25, -0.2) is 0 Å². The quantitative estimate of drug-likeness (QED) is 0.250. The van der Waals surface area contributed by atoms with Gasteiger partial charge in [0.2, 0.25) is 0 Å². The number of rotatable bonds is 8. The largest absolute Gasteiger partial charge is 0.481 e. The molecule has 2 aromatic carbocycles. The first kappa shape index (κ1) is 31.5. The van der Waals surface area contributed by atoms with E-state index in [4.69, 9.17) is 0 Å². The van der Waals surface area contributed by atoms with E-state index in [2.05, 4.69) is 6.58 Å². The second kappa shape index (κ2) is 11.8. The van der Waals surface area contributed by atoms with Gasteiger partial charge in [-0.1, -0.05) is 17.7 Å². The number of hydrogen-bond donors (Lipinski definition) is 1. The highest BCUT2D eigenvalue weighted by atomic mass is 19.4. The van der Waals surface area contributed by atoms with Crippen molar-refractivity contribution in [2.75, 3.05) is 6.54 Å². The summed E-state index contributed by atoms with van der Waals surface area (Å²) in [5.74, 6) is -1.55. The monoisotopic (exact) mass is 581 g/mol. The van der Waals surface area contributed by atoms with Crippen molar-refractivity contribution in [3.05, 3.63) is 82.4 Å². The van der Waals surface area contributed by atoms with Crippen LogP contribution in [-0.4, -0.2) is 22.5 Å². The lowest BCUT2D eigenvalue weighted by Crippen LogP contribution is -2.40. The first-order chi connectivity index (χ1) is 18.4. The molecule has 0 aliphatic carbocycles. The van der Waals surface area contributed by atoms with Crippen LogP contribution in [0.25, 0.3) is 0 Å². The molecule has 2 aromatic rings. The van der Waals surface area contributed by atoms with Crippen molar-refractivity contribution in [1.29, 1.82) is 0 Å². The van der Waals surface area contributed by atoms with Crippen LogP contribution in [0, 0.1) is 5.92 Å². The molecule has 1 fully saturated rings. The van der Waals surface area contributed by atoms with Gasteiger partial charge in [-0.05, 0) is 86.5 Å². The number of piperidine rings is 1. The lowest BCUT2D eigenvalue weighted by molar-refractivity contribution is -0.142. The number of benzene rings is 2. The molecule has 3 unspecified atom stereocenters. The zero-order valence-electron chi connectivity index (χ0n) is 21.4. The van der Waals surface area contributed by atoms with E-state index < -0.39 is 64.8 Å². The Labute approximate surface area is 225 Å². The molecule has 0 amide bonds. The van der Waals surface area contributed by atoms with Crippen molar-refractivity contribution < 1.29 is 49.4 Å². The summed E-state index contributed by atoms with van der Waals surface area (Å²) in [5.41, 5.74) is -3.18. The van der Waals surface area contributed by atoms with Crippen molar-refractivity contribution in [3.63, 3.8) is 0 Å². The van der Waals surface area contributed by atoms with Crippen molar-refractivity contribution in [1.82, 2.24) is 4.90 Å². The summed E-state index contributed by atoms with van der Waals surface area (Å²) in [5, 5.41) is 9.30. The normalized spacial score (nSPS) is 19.9. The van der Waals surface area contributed by atoms with Crippen LogP contribution < -0.4 is 0 Å².